The molecule has 0 aromatic heterocycles. The van der Waals surface area contributed by atoms with E-state index in [0.717, 1.165) is 28.4 Å². The highest BCUT2D eigenvalue weighted by Gasteiger charge is 2.23. The first-order valence-corrected chi connectivity index (χ1v) is 9.04. The first kappa shape index (κ1) is 17.0. The van der Waals surface area contributed by atoms with Crippen LogP contribution in [-0.4, -0.2) is 60.1 Å². The number of piperazine rings is 1. The van der Waals surface area contributed by atoms with Gasteiger partial charge in [0, 0.05) is 42.5 Å². The van der Waals surface area contributed by atoms with Crippen LogP contribution in [0.4, 0.5) is 0 Å². The fourth-order valence-corrected chi connectivity index (χ4v) is 3.79. The lowest BCUT2D eigenvalue weighted by Crippen LogP contribution is -2.49. The fraction of sp³-hybridized carbons (Fsp3) is 0.316. The summed E-state index contributed by atoms with van der Waals surface area (Å²) in [5.74, 6) is 0.0951. The van der Waals surface area contributed by atoms with Crippen LogP contribution in [0.1, 0.15) is 10.4 Å². The monoisotopic (exact) mass is 342 g/mol. The van der Waals surface area contributed by atoms with Crippen molar-refractivity contribution in [3.63, 3.8) is 0 Å². The van der Waals surface area contributed by atoms with Crippen LogP contribution in [-0.2, 0) is 0 Å². The molecule has 0 unspecified atom stereocenters. The third-order valence-corrected chi connectivity index (χ3v) is 5.25. The van der Waals surface area contributed by atoms with Crippen molar-refractivity contribution in [3.05, 3.63) is 60.2 Å². The molecule has 1 amide bonds. The Bertz CT molecular complexity index is 670. The summed E-state index contributed by atoms with van der Waals surface area (Å²) in [5.41, 5.74) is 0.766. The van der Waals surface area contributed by atoms with Crippen molar-refractivity contribution in [2.24, 2.45) is 0 Å². The number of aliphatic hydroxyl groups excluding tert-OH is 1. The van der Waals surface area contributed by atoms with Gasteiger partial charge in [-0.2, -0.15) is 0 Å². The Balaban J connectivity index is 1.71. The van der Waals surface area contributed by atoms with Gasteiger partial charge in [-0.3, -0.25) is 9.69 Å². The Morgan fingerprint density at radius 3 is 2.33 bits per heavy atom. The molecule has 0 radical (unpaired) electrons. The lowest BCUT2D eigenvalue weighted by molar-refractivity contribution is 0.0611. The minimum Gasteiger partial charge on any atom is -0.395 e. The van der Waals surface area contributed by atoms with E-state index in [0.29, 0.717) is 19.6 Å². The summed E-state index contributed by atoms with van der Waals surface area (Å²) in [7, 11) is 0. The highest BCUT2D eigenvalue weighted by Crippen LogP contribution is 2.31. The van der Waals surface area contributed by atoms with E-state index in [2.05, 4.69) is 17.0 Å². The number of nitrogens with zero attached hydrogens (tertiary/aromatic N) is 2. The predicted molar refractivity (Wildman–Crippen MR) is 96.4 cm³/mol. The normalized spacial score (nSPS) is 15.5. The lowest BCUT2D eigenvalue weighted by atomic mass is 10.2. The molecule has 1 heterocycles. The Hall–Kier alpha value is -1.82. The summed E-state index contributed by atoms with van der Waals surface area (Å²) in [4.78, 5) is 19.1. The second-order valence-electron chi connectivity index (χ2n) is 5.77. The molecule has 3 rings (SSSR count). The summed E-state index contributed by atoms with van der Waals surface area (Å²) in [5, 5.41) is 9.02. The van der Waals surface area contributed by atoms with Crippen LogP contribution in [0.5, 0.6) is 0 Å². The van der Waals surface area contributed by atoms with Crippen LogP contribution in [0, 0.1) is 0 Å². The van der Waals surface area contributed by atoms with Crippen molar-refractivity contribution < 1.29 is 9.90 Å². The Labute approximate surface area is 147 Å². The number of β-amino-alcohol motifs (C(OH)–C–C–N with tert-alkyl or cyclic N) is 1. The van der Waals surface area contributed by atoms with Gasteiger partial charge in [0.1, 0.15) is 0 Å². The van der Waals surface area contributed by atoms with Gasteiger partial charge in [-0.05, 0) is 24.3 Å². The van der Waals surface area contributed by atoms with E-state index in [9.17, 15) is 4.79 Å². The van der Waals surface area contributed by atoms with Crippen molar-refractivity contribution in [3.8, 4) is 0 Å². The number of carbonyl (C=O) groups excluding carboxylic acids is 1. The maximum atomic E-state index is 12.9. The van der Waals surface area contributed by atoms with E-state index in [1.54, 1.807) is 11.8 Å². The largest absolute Gasteiger partial charge is 0.395 e. The zero-order valence-corrected chi connectivity index (χ0v) is 14.4. The Kier molecular flexibility index (Phi) is 5.91. The van der Waals surface area contributed by atoms with Crippen molar-refractivity contribution in [2.75, 3.05) is 39.3 Å². The number of aliphatic hydroxyl groups is 1. The van der Waals surface area contributed by atoms with Gasteiger partial charge in [0.15, 0.2) is 0 Å². The van der Waals surface area contributed by atoms with Gasteiger partial charge < -0.3 is 10.0 Å². The average molecular weight is 342 g/mol. The number of rotatable bonds is 5. The molecule has 5 heteroatoms. The zero-order chi connectivity index (χ0) is 16.8. The molecule has 1 aliphatic rings. The van der Waals surface area contributed by atoms with Gasteiger partial charge in [-0.1, -0.05) is 42.1 Å². The fourth-order valence-electron chi connectivity index (χ4n) is 2.83. The van der Waals surface area contributed by atoms with E-state index < -0.39 is 0 Å². The SMILES string of the molecule is O=C(c1ccccc1Sc1ccccc1)N1CCN(CCO)CC1. The summed E-state index contributed by atoms with van der Waals surface area (Å²) >= 11 is 1.62. The number of amides is 1. The van der Waals surface area contributed by atoms with Crippen molar-refractivity contribution in [1.29, 1.82) is 0 Å². The average Bonchev–Trinajstić information content (AvgIpc) is 2.63. The zero-order valence-electron chi connectivity index (χ0n) is 13.6. The van der Waals surface area contributed by atoms with E-state index in [1.165, 1.54) is 0 Å². The molecule has 126 valence electrons. The van der Waals surface area contributed by atoms with Gasteiger partial charge in [-0.15, -0.1) is 0 Å². The third-order valence-electron chi connectivity index (χ3n) is 4.16. The highest BCUT2D eigenvalue weighted by molar-refractivity contribution is 7.99. The smallest absolute Gasteiger partial charge is 0.255 e. The number of carbonyl (C=O) groups is 1. The van der Waals surface area contributed by atoms with Gasteiger partial charge in [0.25, 0.3) is 5.91 Å². The first-order valence-electron chi connectivity index (χ1n) is 8.22. The lowest BCUT2D eigenvalue weighted by Gasteiger charge is -2.34. The molecule has 24 heavy (non-hydrogen) atoms. The van der Waals surface area contributed by atoms with Crippen molar-refractivity contribution in [1.82, 2.24) is 9.80 Å². The molecule has 0 bridgehead atoms. The Morgan fingerprint density at radius 1 is 0.958 bits per heavy atom. The number of benzene rings is 2. The third kappa shape index (κ3) is 4.17. The minimum absolute atomic E-state index is 0.0951. The van der Waals surface area contributed by atoms with Crippen LogP contribution >= 0.6 is 11.8 Å². The second kappa shape index (κ2) is 8.33. The van der Waals surface area contributed by atoms with Gasteiger partial charge >= 0.3 is 0 Å². The maximum Gasteiger partial charge on any atom is 0.255 e. The van der Waals surface area contributed by atoms with Crippen LogP contribution in [0.2, 0.25) is 0 Å². The van der Waals surface area contributed by atoms with Gasteiger partial charge in [0.05, 0.1) is 12.2 Å². The highest BCUT2D eigenvalue weighted by atomic mass is 32.2. The van der Waals surface area contributed by atoms with Crippen LogP contribution in [0.15, 0.2) is 64.4 Å². The van der Waals surface area contributed by atoms with E-state index >= 15 is 0 Å². The Morgan fingerprint density at radius 2 is 1.62 bits per heavy atom. The molecule has 1 aliphatic heterocycles. The molecule has 1 fully saturated rings. The molecule has 0 atom stereocenters. The summed E-state index contributed by atoms with van der Waals surface area (Å²) in [6.45, 7) is 3.92. The van der Waals surface area contributed by atoms with Gasteiger partial charge in [-0.25, -0.2) is 0 Å². The molecule has 2 aromatic rings. The quantitative estimate of drug-likeness (QED) is 0.907. The first-order chi connectivity index (χ1) is 11.8. The summed E-state index contributed by atoms with van der Waals surface area (Å²) in [6, 6.07) is 17.9. The molecule has 0 saturated carbocycles. The van der Waals surface area contributed by atoms with Crippen molar-refractivity contribution in [2.45, 2.75) is 9.79 Å². The molecule has 2 aromatic carbocycles. The standard InChI is InChI=1S/C19H22N2O2S/c22-15-14-20-10-12-21(13-11-20)19(23)17-8-4-5-9-18(17)24-16-6-2-1-3-7-16/h1-9,22H,10-15H2. The summed E-state index contributed by atoms with van der Waals surface area (Å²) < 4.78 is 0. The molecule has 0 aliphatic carbocycles. The maximum absolute atomic E-state index is 12.9. The predicted octanol–water partition coefficient (Wildman–Crippen LogP) is 2.59. The van der Waals surface area contributed by atoms with Gasteiger partial charge in [0.2, 0.25) is 0 Å². The van der Waals surface area contributed by atoms with E-state index in [1.807, 2.05) is 47.4 Å². The molecular formula is C19H22N2O2S. The molecule has 0 spiro atoms. The molecular weight excluding hydrogens is 320 g/mol. The van der Waals surface area contributed by atoms with Crippen LogP contribution in [0.25, 0.3) is 0 Å². The van der Waals surface area contributed by atoms with Crippen LogP contribution in [0.3, 0.4) is 0 Å². The topological polar surface area (TPSA) is 43.8 Å². The van der Waals surface area contributed by atoms with Crippen molar-refractivity contribution >= 4 is 17.7 Å². The van der Waals surface area contributed by atoms with Crippen LogP contribution < -0.4 is 0 Å². The molecule has 4 nitrogen and oxygen atoms in total. The number of hydrogen-bond donors (Lipinski definition) is 1. The second-order valence-corrected chi connectivity index (χ2v) is 6.88. The minimum atomic E-state index is 0.0951. The molecule has 1 N–H and O–H groups in total. The molecule has 1 saturated heterocycles. The number of hydrogen-bond acceptors (Lipinski definition) is 4. The summed E-state index contributed by atoms with van der Waals surface area (Å²) in [6.07, 6.45) is 0. The van der Waals surface area contributed by atoms with E-state index in [-0.39, 0.29) is 12.5 Å². The van der Waals surface area contributed by atoms with E-state index in [4.69, 9.17) is 5.11 Å².